The second kappa shape index (κ2) is 9.07. The van der Waals surface area contributed by atoms with E-state index in [-0.39, 0.29) is 0 Å². The molecule has 1 aromatic heterocycles. The minimum absolute atomic E-state index is 0.910. The fraction of sp³-hybridized carbons (Fsp3) is 0.591. The smallest absolute Gasteiger partial charge is 0.119 e. The van der Waals surface area contributed by atoms with Gasteiger partial charge >= 0.3 is 0 Å². The van der Waals surface area contributed by atoms with Crippen LogP contribution in [0.25, 0.3) is 10.9 Å². The summed E-state index contributed by atoms with van der Waals surface area (Å²) < 4.78 is 5.45. The molecule has 0 saturated carbocycles. The topological polar surface area (TPSA) is 34.2 Å². The first-order chi connectivity index (χ1) is 12.3. The lowest BCUT2D eigenvalue weighted by Gasteiger charge is -2.22. The van der Waals surface area contributed by atoms with Crippen molar-refractivity contribution in [2.45, 2.75) is 71.1 Å². The van der Waals surface area contributed by atoms with E-state index < -0.39 is 0 Å². The van der Waals surface area contributed by atoms with Gasteiger partial charge in [0.25, 0.3) is 0 Å². The first-order valence-electron chi connectivity index (χ1n) is 10.1. The number of anilines is 1. The van der Waals surface area contributed by atoms with Gasteiger partial charge in [-0.05, 0) is 55.9 Å². The highest BCUT2D eigenvalue weighted by atomic mass is 16.5. The minimum Gasteiger partial charge on any atom is -0.497 e. The summed E-state index contributed by atoms with van der Waals surface area (Å²) in [5.41, 5.74) is 5.14. The Kier molecular flexibility index (Phi) is 6.55. The van der Waals surface area contributed by atoms with Crippen LogP contribution >= 0.6 is 0 Å². The van der Waals surface area contributed by atoms with E-state index in [1.807, 2.05) is 6.07 Å². The van der Waals surface area contributed by atoms with Gasteiger partial charge in [0.1, 0.15) is 5.75 Å². The Morgan fingerprint density at radius 3 is 2.68 bits per heavy atom. The van der Waals surface area contributed by atoms with Gasteiger partial charge in [-0.25, -0.2) is 0 Å². The van der Waals surface area contributed by atoms with Gasteiger partial charge in [0.15, 0.2) is 0 Å². The number of nitrogens with zero attached hydrogens (tertiary/aromatic N) is 1. The van der Waals surface area contributed by atoms with Gasteiger partial charge in [0.2, 0.25) is 0 Å². The molecule has 2 aromatic rings. The first kappa shape index (κ1) is 18.0. The summed E-state index contributed by atoms with van der Waals surface area (Å²) in [6.45, 7) is 3.32. The number of hydrogen-bond acceptors (Lipinski definition) is 3. The van der Waals surface area contributed by atoms with Crippen molar-refractivity contribution < 1.29 is 4.74 Å². The van der Waals surface area contributed by atoms with E-state index in [1.165, 1.54) is 73.7 Å². The predicted molar refractivity (Wildman–Crippen MR) is 107 cm³/mol. The van der Waals surface area contributed by atoms with E-state index in [2.05, 4.69) is 24.4 Å². The average molecular weight is 341 g/mol. The van der Waals surface area contributed by atoms with Crippen molar-refractivity contribution in [3.63, 3.8) is 0 Å². The molecule has 3 nitrogen and oxygen atoms in total. The summed E-state index contributed by atoms with van der Waals surface area (Å²) in [5.74, 6) is 0.910. The van der Waals surface area contributed by atoms with E-state index >= 15 is 0 Å². The normalized spacial score (nSPS) is 13.7. The number of fused-ring (bicyclic) bond motifs is 2. The number of hydrogen-bond donors (Lipinski definition) is 1. The molecule has 0 unspecified atom stereocenters. The third-order valence-electron chi connectivity index (χ3n) is 5.30. The maximum Gasteiger partial charge on any atom is 0.119 e. The number of benzene rings is 1. The highest BCUT2D eigenvalue weighted by Crippen LogP contribution is 2.35. The maximum atomic E-state index is 5.45. The van der Waals surface area contributed by atoms with Crippen molar-refractivity contribution in [1.29, 1.82) is 0 Å². The molecule has 0 aliphatic heterocycles. The largest absolute Gasteiger partial charge is 0.497 e. The quantitative estimate of drug-likeness (QED) is 0.577. The van der Waals surface area contributed by atoms with Gasteiger partial charge in [-0.3, -0.25) is 4.98 Å². The molecule has 0 spiro atoms. The zero-order valence-corrected chi connectivity index (χ0v) is 15.9. The molecule has 3 heteroatoms. The van der Waals surface area contributed by atoms with Crippen LogP contribution in [0, 0.1) is 0 Å². The second-order valence-electron chi connectivity index (χ2n) is 7.20. The maximum absolute atomic E-state index is 5.45. The molecular formula is C22H32N2O. The van der Waals surface area contributed by atoms with Crippen LogP contribution in [-0.4, -0.2) is 18.6 Å². The lowest BCUT2D eigenvalue weighted by Crippen LogP contribution is -2.12. The molecule has 1 aromatic carbocycles. The van der Waals surface area contributed by atoms with Crippen molar-refractivity contribution in [2.75, 3.05) is 19.0 Å². The highest BCUT2D eigenvalue weighted by Gasteiger charge is 2.18. The van der Waals surface area contributed by atoms with Crippen LogP contribution in [0.2, 0.25) is 0 Å². The van der Waals surface area contributed by atoms with Crippen LogP contribution in [-0.2, 0) is 12.8 Å². The molecule has 1 N–H and O–H groups in total. The van der Waals surface area contributed by atoms with Crippen molar-refractivity contribution in [1.82, 2.24) is 4.98 Å². The molecule has 136 valence electrons. The molecule has 0 amide bonds. The van der Waals surface area contributed by atoms with Gasteiger partial charge in [-0.15, -0.1) is 0 Å². The Morgan fingerprint density at radius 1 is 1.04 bits per heavy atom. The third kappa shape index (κ3) is 4.45. The molecule has 0 atom stereocenters. The Balaban J connectivity index is 1.76. The first-order valence-corrected chi connectivity index (χ1v) is 10.1. The molecule has 0 radical (unpaired) electrons. The average Bonchev–Trinajstić information content (AvgIpc) is 2.66. The molecule has 0 fully saturated rings. The fourth-order valence-corrected chi connectivity index (χ4v) is 3.85. The number of ether oxygens (including phenoxy) is 1. The van der Waals surface area contributed by atoms with Gasteiger partial charge < -0.3 is 10.1 Å². The Labute approximate surface area is 152 Å². The Bertz CT molecular complexity index is 696. The van der Waals surface area contributed by atoms with E-state index in [4.69, 9.17) is 9.72 Å². The zero-order valence-electron chi connectivity index (χ0n) is 15.9. The second-order valence-corrected chi connectivity index (χ2v) is 7.20. The predicted octanol–water partition coefficient (Wildman–Crippen LogP) is 5.89. The summed E-state index contributed by atoms with van der Waals surface area (Å²) >= 11 is 0. The third-order valence-corrected chi connectivity index (χ3v) is 5.30. The number of unbranched alkanes of at least 4 members (excludes halogenated alkanes) is 5. The van der Waals surface area contributed by atoms with Crippen LogP contribution < -0.4 is 10.1 Å². The monoisotopic (exact) mass is 340 g/mol. The number of pyridine rings is 1. The van der Waals surface area contributed by atoms with Crippen molar-refractivity contribution in [3.8, 4) is 5.75 Å². The molecular weight excluding hydrogens is 308 g/mol. The number of aromatic nitrogens is 1. The summed E-state index contributed by atoms with van der Waals surface area (Å²) in [7, 11) is 1.73. The lowest BCUT2D eigenvalue weighted by atomic mass is 9.92. The van der Waals surface area contributed by atoms with Crippen molar-refractivity contribution >= 4 is 16.6 Å². The SMILES string of the molecule is CCCCCCCCNc1c2c(nc3ccc(OC)cc13)CCCC2. The van der Waals surface area contributed by atoms with Gasteiger partial charge in [-0.1, -0.05) is 39.0 Å². The molecule has 1 aliphatic rings. The van der Waals surface area contributed by atoms with Crippen LogP contribution in [0.4, 0.5) is 5.69 Å². The van der Waals surface area contributed by atoms with Crippen LogP contribution in [0.1, 0.15) is 69.5 Å². The number of aryl methyl sites for hydroxylation is 1. The van der Waals surface area contributed by atoms with E-state index in [0.29, 0.717) is 0 Å². The standard InChI is InChI=1S/C22H32N2O/c1-3-4-5-6-7-10-15-23-22-18-11-8-9-12-20(18)24-21-14-13-17(25-2)16-19(21)22/h13-14,16H,3-12,15H2,1-2H3,(H,23,24). The molecule has 3 rings (SSSR count). The molecule has 1 heterocycles. The lowest BCUT2D eigenvalue weighted by molar-refractivity contribution is 0.415. The number of methoxy groups -OCH3 is 1. The van der Waals surface area contributed by atoms with E-state index in [9.17, 15) is 0 Å². The van der Waals surface area contributed by atoms with Crippen molar-refractivity contribution in [2.24, 2.45) is 0 Å². The minimum atomic E-state index is 0.910. The van der Waals surface area contributed by atoms with E-state index in [1.54, 1.807) is 7.11 Å². The summed E-state index contributed by atoms with van der Waals surface area (Å²) in [4.78, 5) is 4.93. The molecule has 25 heavy (non-hydrogen) atoms. The molecule has 0 bridgehead atoms. The number of nitrogens with one attached hydrogen (secondary N) is 1. The summed E-state index contributed by atoms with van der Waals surface area (Å²) in [6.07, 6.45) is 12.8. The van der Waals surface area contributed by atoms with Crippen LogP contribution in [0.3, 0.4) is 0 Å². The molecule has 0 saturated heterocycles. The Morgan fingerprint density at radius 2 is 1.84 bits per heavy atom. The number of rotatable bonds is 9. The fourth-order valence-electron chi connectivity index (χ4n) is 3.85. The van der Waals surface area contributed by atoms with Crippen molar-refractivity contribution in [3.05, 3.63) is 29.5 Å². The summed E-state index contributed by atoms with van der Waals surface area (Å²) in [6, 6.07) is 6.25. The Hall–Kier alpha value is -1.77. The van der Waals surface area contributed by atoms with Gasteiger partial charge in [-0.2, -0.15) is 0 Å². The molecule has 1 aliphatic carbocycles. The summed E-state index contributed by atoms with van der Waals surface area (Å²) in [5, 5.41) is 4.98. The highest BCUT2D eigenvalue weighted by molar-refractivity contribution is 5.94. The van der Waals surface area contributed by atoms with Gasteiger partial charge in [0, 0.05) is 23.3 Å². The van der Waals surface area contributed by atoms with Crippen LogP contribution in [0.5, 0.6) is 5.75 Å². The zero-order chi connectivity index (χ0) is 17.5. The van der Waals surface area contributed by atoms with Crippen LogP contribution in [0.15, 0.2) is 18.2 Å². The van der Waals surface area contributed by atoms with Gasteiger partial charge in [0.05, 0.1) is 12.6 Å². The van der Waals surface area contributed by atoms with E-state index in [0.717, 1.165) is 30.7 Å².